The predicted molar refractivity (Wildman–Crippen MR) is 130 cm³/mol. The number of hydrogen-bond donors (Lipinski definition) is 2. The van der Waals surface area contributed by atoms with E-state index in [0.29, 0.717) is 17.8 Å². The fourth-order valence-electron chi connectivity index (χ4n) is 4.05. The quantitative estimate of drug-likeness (QED) is 0.294. The summed E-state index contributed by atoms with van der Waals surface area (Å²) in [4.78, 5) is 29.1. The third-order valence-corrected chi connectivity index (χ3v) is 7.01. The van der Waals surface area contributed by atoms with Gasteiger partial charge in [0, 0.05) is 41.8 Å². The van der Waals surface area contributed by atoms with Crippen molar-refractivity contribution in [2.24, 2.45) is 5.73 Å². The number of nitrogens with zero attached hydrogens (tertiary/aromatic N) is 5. The molecule has 0 bridgehead atoms. The Labute approximate surface area is 216 Å². The second-order valence-electron chi connectivity index (χ2n) is 8.40. The van der Waals surface area contributed by atoms with Gasteiger partial charge in [0.15, 0.2) is 5.69 Å². The van der Waals surface area contributed by atoms with Gasteiger partial charge in [-0.1, -0.05) is 0 Å². The maximum Gasteiger partial charge on any atom is 0.435 e. The molecule has 202 valence electrons. The van der Waals surface area contributed by atoms with Crippen molar-refractivity contribution in [3.05, 3.63) is 46.0 Å². The Morgan fingerprint density at radius 3 is 2.42 bits per heavy atom. The number of aryl methyl sites for hydroxylation is 3. The number of thiophene rings is 1. The number of amides is 2. The third-order valence-electron chi connectivity index (χ3n) is 5.91. The number of nitrogens with two attached hydrogens (primary N) is 1. The van der Waals surface area contributed by atoms with E-state index in [4.69, 9.17) is 5.73 Å². The van der Waals surface area contributed by atoms with Gasteiger partial charge >= 0.3 is 6.18 Å². The largest absolute Gasteiger partial charge is 0.435 e. The smallest absolute Gasteiger partial charge is 0.365 e. The van der Waals surface area contributed by atoms with E-state index in [-0.39, 0.29) is 45.0 Å². The number of carbonyl (C=O) groups excluding carboxylic acids is 2. The molecule has 0 unspecified atom stereocenters. The topological polar surface area (TPSA) is 121 Å². The average Bonchev–Trinajstić information content (AvgIpc) is 3.51. The van der Waals surface area contributed by atoms with E-state index in [1.54, 1.807) is 11.6 Å². The summed E-state index contributed by atoms with van der Waals surface area (Å²) in [5.74, 6) is -1.56. The summed E-state index contributed by atoms with van der Waals surface area (Å²) >= 11 is 0.752. The maximum atomic E-state index is 13.7. The van der Waals surface area contributed by atoms with Crippen LogP contribution in [-0.4, -0.2) is 36.4 Å². The summed E-state index contributed by atoms with van der Waals surface area (Å²) in [6, 6.07) is 2.04. The predicted octanol–water partition coefficient (Wildman–Crippen LogP) is 5.08. The highest BCUT2D eigenvalue weighted by Crippen LogP contribution is 2.43. The van der Waals surface area contributed by atoms with E-state index in [1.165, 1.54) is 19.2 Å². The van der Waals surface area contributed by atoms with Gasteiger partial charge in [-0.2, -0.15) is 23.4 Å². The van der Waals surface area contributed by atoms with Crippen LogP contribution in [0.5, 0.6) is 0 Å². The molecule has 0 aliphatic rings. The number of rotatable bonds is 8. The molecule has 9 nitrogen and oxygen atoms in total. The van der Waals surface area contributed by atoms with E-state index >= 15 is 0 Å². The van der Waals surface area contributed by atoms with Crippen molar-refractivity contribution >= 4 is 39.1 Å². The first-order valence-electron chi connectivity index (χ1n) is 11.3. The van der Waals surface area contributed by atoms with Gasteiger partial charge in [0.25, 0.3) is 12.3 Å². The van der Waals surface area contributed by atoms with Crippen LogP contribution in [0, 0.1) is 13.8 Å². The molecule has 4 aromatic rings. The number of anilines is 1. The first-order valence-corrected chi connectivity index (χ1v) is 12.1. The molecule has 38 heavy (non-hydrogen) atoms. The molecule has 0 spiro atoms. The van der Waals surface area contributed by atoms with Gasteiger partial charge in [0.1, 0.15) is 15.4 Å². The van der Waals surface area contributed by atoms with Crippen LogP contribution in [-0.2, 0) is 24.1 Å². The molecule has 4 heterocycles. The first-order chi connectivity index (χ1) is 17.8. The SMILES string of the molecule is CCn1ncc(-c2cc(C(F)F)nc3sc(C(N)=O)c(NC(=O)CCn4nc(C(F)(F)F)cc4C)c23)c1C. The molecule has 4 aromatic heterocycles. The molecule has 0 atom stereocenters. The van der Waals surface area contributed by atoms with Crippen molar-refractivity contribution in [2.75, 3.05) is 5.32 Å². The molecule has 15 heteroatoms. The Bertz CT molecular complexity index is 1540. The summed E-state index contributed by atoms with van der Waals surface area (Å²) in [6.07, 6.45) is -6.33. The zero-order valence-electron chi connectivity index (χ0n) is 20.4. The summed E-state index contributed by atoms with van der Waals surface area (Å²) in [5.41, 5.74) is 5.56. The monoisotopic (exact) mass is 555 g/mol. The lowest BCUT2D eigenvalue weighted by Crippen LogP contribution is -2.19. The van der Waals surface area contributed by atoms with Gasteiger partial charge < -0.3 is 11.1 Å². The van der Waals surface area contributed by atoms with Crippen molar-refractivity contribution in [2.45, 2.75) is 52.9 Å². The molecule has 0 saturated carbocycles. The Morgan fingerprint density at radius 1 is 1.16 bits per heavy atom. The molecule has 0 saturated heterocycles. The van der Waals surface area contributed by atoms with E-state index < -0.39 is 35.8 Å². The lowest BCUT2D eigenvalue weighted by Gasteiger charge is -2.11. The zero-order chi connectivity index (χ0) is 27.9. The molecular weight excluding hydrogens is 533 g/mol. The second kappa shape index (κ2) is 10.1. The van der Waals surface area contributed by atoms with Crippen LogP contribution < -0.4 is 11.1 Å². The number of pyridine rings is 1. The lowest BCUT2D eigenvalue weighted by molar-refractivity contribution is -0.141. The minimum Gasteiger partial charge on any atom is -0.365 e. The van der Waals surface area contributed by atoms with Crippen LogP contribution >= 0.6 is 11.3 Å². The molecular formula is C23H22F5N7O2S. The highest BCUT2D eigenvalue weighted by atomic mass is 32.1. The molecule has 4 rings (SSSR count). The van der Waals surface area contributed by atoms with Crippen molar-refractivity contribution < 1.29 is 31.5 Å². The summed E-state index contributed by atoms with van der Waals surface area (Å²) < 4.78 is 68.9. The number of primary amides is 1. The Morgan fingerprint density at radius 2 is 1.87 bits per heavy atom. The summed E-state index contributed by atoms with van der Waals surface area (Å²) in [6.45, 7) is 5.38. The van der Waals surface area contributed by atoms with Gasteiger partial charge in [0.2, 0.25) is 5.91 Å². The van der Waals surface area contributed by atoms with E-state index in [9.17, 15) is 31.5 Å². The van der Waals surface area contributed by atoms with Crippen molar-refractivity contribution in [1.29, 1.82) is 0 Å². The van der Waals surface area contributed by atoms with Crippen LogP contribution in [0.4, 0.5) is 27.6 Å². The van der Waals surface area contributed by atoms with Gasteiger partial charge in [-0.15, -0.1) is 11.3 Å². The fraction of sp³-hybridized carbons (Fsp3) is 0.348. The number of hydrogen-bond acceptors (Lipinski definition) is 6. The molecule has 0 radical (unpaired) electrons. The number of carbonyl (C=O) groups is 2. The molecule has 0 fully saturated rings. The maximum absolute atomic E-state index is 13.7. The second-order valence-corrected chi connectivity index (χ2v) is 9.39. The molecule has 0 aliphatic carbocycles. The van der Waals surface area contributed by atoms with E-state index in [2.05, 4.69) is 20.5 Å². The van der Waals surface area contributed by atoms with Crippen LogP contribution in [0.15, 0.2) is 18.3 Å². The minimum atomic E-state index is -4.63. The van der Waals surface area contributed by atoms with Gasteiger partial charge in [-0.3, -0.25) is 19.0 Å². The van der Waals surface area contributed by atoms with Crippen molar-refractivity contribution in [3.8, 4) is 11.1 Å². The van der Waals surface area contributed by atoms with Crippen LogP contribution in [0.1, 0.15) is 52.2 Å². The third kappa shape index (κ3) is 5.10. The number of fused-ring (bicyclic) bond motifs is 1. The van der Waals surface area contributed by atoms with Crippen LogP contribution in [0.2, 0.25) is 0 Å². The van der Waals surface area contributed by atoms with Gasteiger partial charge in [0.05, 0.1) is 11.9 Å². The Balaban J connectivity index is 1.75. The fourth-order valence-corrected chi connectivity index (χ4v) is 5.06. The van der Waals surface area contributed by atoms with Crippen LogP contribution in [0.25, 0.3) is 21.3 Å². The van der Waals surface area contributed by atoms with Crippen LogP contribution in [0.3, 0.4) is 0 Å². The molecule has 2 amide bonds. The highest BCUT2D eigenvalue weighted by molar-refractivity contribution is 7.21. The molecule has 3 N–H and O–H groups in total. The van der Waals surface area contributed by atoms with Gasteiger partial charge in [-0.25, -0.2) is 13.8 Å². The standard InChI is InChI=1S/C23H22F5N7O2S/c1-4-34-11(3)13(9-30-34)12-8-14(20(24)25)31-22-17(12)18(19(38-22)21(29)37)32-16(36)5-6-35-10(2)7-15(33-35)23(26,27)28/h7-9,20H,4-6H2,1-3H3,(H2,29,37)(H,32,36). The van der Waals surface area contributed by atoms with Crippen molar-refractivity contribution in [3.63, 3.8) is 0 Å². The Kier molecular flexibility index (Phi) is 7.23. The highest BCUT2D eigenvalue weighted by Gasteiger charge is 2.34. The first kappa shape index (κ1) is 27.2. The van der Waals surface area contributed by atoms with Crippen molar-refractivity contribution in [1.82, 2.24) is 24.5 Å². The number of nitrogens with one attached hydrogen (secondary N) is 1. The lowest BCUT2D eigenvalue weighted by atomic mass is 10.0. The number of alkyl halides is 5. The summed E-state index contributed by atoms with van der Waals surface area (Å²) in [7, 11) is 0. The van der Waals surface area contributed by atoms with E-state index in [0.717, 1.165) is 22.1 Å². The van der Waals surface area contributed by atoms with Gasteiger partial charge in [-0.05, 0) is 38.5 Å². The Hall–Kier alpha value is -3.88. The number of aromatic nitrogens is 5. The molecule has 0 aliphatic heterocycles. The molecule has 0 aromatic carbocycles. The zero-order valence-corrected chi connectivity index (χ0v) is 21.2. The number of halogens is 5. The average molecular weight is 556 g/mol. The summed E-state index contributed by atoms with van der Waals surface area (Å²) in [5, 5.41) is 10.6. The minimum absolute atomic E-state index is 0.0115. The van der Waals surface area contributed by atoms with E-state index in [1.807, 2.05) is 6.92 Å². The normalized spacial score (nSPS) is 12.0.